The number of hydrogen-bond donors (Lipinski definition) is 1. The lowest BCUT2D eigenvalue weighted by Gasteiger charge is -2.07. The zero-order valence-electron chi connectivity index (χ0n) is 13.0. The fraction of sp³-hybridized carbons (Fsp3) is 0.0526. The molecule has 0 atom stereocenters. The van der Waals surface area contributed by atoms with E-state index in [0.29, 0.717) is 10.6 Å². The number of halogens is 1. The fourth-order valence-corrected chi connectivity index (χ4v) is 2.63. The van der Waals surface area contributed by atoms with Gasteiger partial charge in [0.15, 0.2) is 0 Å². The number of hydrogen-bond acceptors (Lipinski definition) is 3. The molecule has 4 nitrogen and oxygen atoms in total. The number of methoxy groups -OCH3 is 1. The third-order valence-corrected chi connectivity index (χ3v) is 3.83. The Morgan fingerprint density at radius 1 is 1.08 bits per heavy atom. The Kier molecular flexibility index (Phi) is 4.77. The molecule has 0 saturated heterocycles. The molecule has 0 aliphatic heterocycles. The number of nitrogens with zero attached hydrogens (tertiary/aromatic N) is 1. The summed E-state index contributed by atoms with van der Waals surface area (Å²) in [5, 5.41) is 6.54. The lowest BCUT2D eigenvalue weighted by atomic mass is 10.0. The van der Waals surface area contributed by atoms with Crippen LogP contribution in [0.15, 0.2) is 65.8 Å². The van der Waals surface area contributed by atoms with Crippen LogP contribution in [0.4, 0.5) is 0 Å². The number of carbonyl (C=O) groups excluding carboxylic acids is 1. The molecule has 3 aromatic carbocycles. The quantitative estimate of drug-likeness (QED) is 0.570. The second-order valence-electron chi connectivity index (χ2n) is 5.11. The van der Waals surface area contributed by atoms with Crippen molar-refractivity contribution in [1.29, 1.82) is 0 Å². The maximum atomic E-state index is 12.0. The zero-order valence-corrected chi connectivity index (χ0v) is 13.7. The number of nitrogens with one attached hydrogen (secondary N) is 1. The van der Waals surface area contributed by atoms with Gasteiger partial charge in [0.1, 0.15) is 5.75 Å². The smallest absolute Gasteiger partial charge is 0.271 e. The van der Waals surface area contributed by atoms with E-state index < -0.39 is 0 Å². The molecule has 0 aromatic heterocycles. The molecule has 1 amide bonds. The zero-order chi connectivity index (χ0) is 16.9. The average Bonchev–Trinajstić information content (AvgIpc) is 2.61. The van der Waals surface area contributed by atoms with Crippen LogP contribution in [0.3, 0.4) is 0 Å². The predicted molar refractivity (Wildman–Crippen MR) is 97.0 cm³/mol. The van der Waals surface area contributed by atoms with E-state index in [9.17, 15) is 4.79 Å². The highest BCUT2D eigenvalue weighted by molar-refractivity contribution is 6.30. The fourth-order valence-electron chi connectivity index (χ4n) is 2.44. The van der Waals surface area contributed by atoms with Crippen molar-refractivity contribution in [3.05, 3.63) is 76.8 Å². The summed E-state index contributed by atoms with van der Waals surface area (Å²) < 4.78 is 5.37. The highest BCUT2D eigenvalue weighted by Gasteiger charge is 2.06. The van der Waals surface area contributed by atoms with Gasteiger partial charge in [-0.15, -0.1) is 0 Å². The third-order valence-electron chi connectivity index (χ3n) is 3.59. The Labute approximate surface area is 144 Å². The molecule has 3 rings (SSSR count). The van der Waals surface area contributed by atoms with Gasteiger partial charge in [0.05, 0.1) is 13.3 Å². The average molecular weight is 339 g/mol. The molecule has 24 heavy (non-hydrogen) atoms. The van der Waals surface area contributed by atoms with Crippen LogP contribution in [0.25, 0.3) is 10.8 Å². The lowest BCUT2D eigenvalue weighted by molar-refractivity contribution is 0.0955. The van der Waals surface area contributed by atoms with Gasteiger partial charge < -0.3 is 4.74 Å². The normalized spacial score (nSPS) is 10.9. The van der Waals surface area contributed by atoms with E-state index in [0.717, 1.165) is 22.1 Å². The summed E-state index contributed by atoms with van der Waals surface area (Å²) in [7, 11) is 1.64. The van der Waals surface area contributed by atoms with Gasteiger partial charge in [-0.3, -0.25) is 4.79 Å². The van der Waals surface area contributed by atoms with Gasteiger partial charge in [0.2, 0.25) is 0 Å². The summed E-state index contributed by atoms with van der Waals surface area (Å²) in [6.07, 6.45) is 1.62. The van der Waals surface area contributed by atoms with Crippen LogP contribution in [-0.2, 0) is 0 Å². The van der Waals surface area contributed by atoms with Crippen LogP contribution >= 0.6 is 11.6 Å². The second-order valence-corrected chi connectivity index (χ2v) is 5.55. The standard InChI is InChI=1S/C19H15ClN2O2/c1-24-18-10-9-14(16-7-2-3-8-17(16)18)12-21-22-19(23)13-5-4-6-15(20)11-13/h2-12H,1H3,(H,22,23)/b21-12+. The van der Waals surface area contributed by atoms with Crippen molar-refractivity contribution >= 4 is 34.5 Å². The van der Waals surface area contributed by atoms with Crippen LogP contribution in [-0.4, -0.2) is 19.2 Å². The number of carbonyl (C=O) groups is 1. The number of amides is 1. The van der Waals surface area contributed by atoms with E-state index in [1.807, 2.05) is 36.4 Å². The summed E-state index contributed by atoms with van der Waals surface area (Å²) in [5.41, 5.74) is 3.85. The summed E-state index contributed by atoms with van der Waals surface area (Å²) in [5.74, 6) is 0.484. The highest BCUT2D eigenvalue weighted by atomic mass is 35.5. The van der Waals surface area contributed by atoms with Gasteiger partial charge in [0.25, 0.3) is 5.91 Å². The second kappa shape index (κ2) is 7.15. The number of hydrazone groups is 1. The molecule has 120 valence electrons. The Bertz CT molecular complexity index is 922. The molecule has 5 heteroatoms. The van der Waals surface area contributed by atoms with Crippen molar-refractivity contribution in [3.63, 3.8) is 0 Å². The van der Waals surface area contributed by atoms with Crippen LogP contribution in [0.2, 0.25) is 5.02 Å². The van der Waals surface area contributed by atoms with Gasteiger partial charge in [-0.25, -0.2) is 5.43 Å². The predicted octanol–water partition coefficient (Wildman–Crippen LogP) is 4.27. The van der Waals surface area contributed by atoms with E-state index in [1.54, 1.807) is 37.6 Å². The minimum absolute atomic E-state index is 0.313. The summed E-state index contributed by atoms with van der Waals surface area (Å²) in [6.45, 7) is 0. The first kappa shape index (κ1) is 16.0. The molecule has 0 unspecified atom stereocenters. The molecule has 0 spiro atoms. The van der Waals surface area contributed by atoms with E-state index in [1.165, 1.54) is 0 Å². The van der Waals surface area contributed by atoms with Crippen molar-refractivity contribution in [3.8, 4) is 5.75 Å². The van der Waals surface area contributed by atoms with Gasteiger partial charge in [-0.05, 0) is 35.7 Å². The van der Waals surface area contributed by atoms with E-state index in [2.05, 4.69) is 10.5 Å². The summed E-state index contributed by atoms with van der Waals surface area (Å²) >= 11 is 5.88. The van der Waals surface area contributed by atoms with Gasteiger partial charge in [0, 0.05) is 21.5 Å². The molecule has 0 aliphatic carbocycles. The summed E-state index contributed by atoms with van der Waals surface area (Å²) in [6, 6.07) is 18.3. The largest absolute Gasteiger partial charge is 0.496 e. The molecule has 0 radical (unpaired) electrons. The number of rotatable bonds is 4. The number of fused-ring (bicyclic) bond motifs is 1. The molecule has 0 heterocycles. The topological polar surface area (TPSA) is 50.7 Å². The van der Waals surface area contributed by atoms with Crippen LogP contribution in [0.5, 0.6) is 5.75 Å². The van der Waals surface area contributed by atoms with Crippen LogP contribution in [0.1, 0.15) is 15.9 Å². The van der Waals surface area contributed by atoms with E-state index in [4.69, 9.17) is 16.3 Å². The maximum Gasteiger partial charge on any atom is 0.271 e. The van der Waals surface area contributed by atoms with E-state index in [-0.39, 0.29) is 5.91 Å². The van der Waals surface area contributed by atoms with Gasteiger partial charge in [-0.2, -0.15) is 5.10 Å². The van der Waals surface area contributed by atoms with Crippen LogP contribution < -0.4 is 10.2 Å². The van der Waals surface area contributed by atoms with Crippen molar-refractivity contribution in [1.82, 2.24) is 5.43 Å². The molecular formula is C19H15ClN2O2. The Morgan fingerprint density at radius 3 is 2.62 bits per heavy atom. The minimum atomic E-state index is -0.313. The van der Waals surface area contributed by atoms with Crippen molar-refractivity contribution < 1.29 is 9.53 Å². The Morgan fingerprint density at radius 2 is 1.88 bits per heavy atom. The Balaban J connectivity index is 1.82. The maximum absolute atomic E-state index is 12.0. The van der Waals surface area contributed by atoms with Gasteiger partial charge >= 0.3 is 0 Å². The highest BCUT2D eigenvalue weighted by Crippen LogP contribution is 2.27. The van der Waals surface area contributed by atoms with Crippen LogP contribution in [0, 0.1) is 0 Å². The SMILES string of the molecule is COc1ccc(/C=N/NC(=O)c2cccc(Cl)c2)c2ccccc12. The summed E-state index contributed by atoms with van der Waals surface area (Å²) in [4.78, 5) is 12.0. The number of ether oxygens (including phenoxy) is 1. The van der Waals surface area contributed by atoms with E-state index >= 15 is 0 Å². The first-order valence-corrected chi connectivity index (χ1v) is 7.71. The molecule has 0 bridgehead atoms. The van der Waals surface area contributed by atoms with Crippen molar-refractivity contribution in [2.24, 2.45) is 5.10 Å². The molecule has 3 aromatic rings. The minimum Gasteiger partial charge on any atom is -0.496 e. The molecule has 0 saturated carbocycles. The molecule has 0 fully saturated rings. The monoisotopic (exact) mass is 338 g/mol. The van der Waals surface area contributed by atoms with Gasteiger partial charge in [-0.1, -0.05) is 41.9 Å². The molecule has 1 N–H and O–H groups in total. The first-order valence-electron chi connectivity index (χ1n) is 7.34. The first-order chi connectivity index (χ1) is 11.7. The van der Waals surface area contributed by atoms with Crippen molar-refractivity contribution in [2.45, 2.75) is 0 Å². The number of benzene rings is 3. The molecular weight excluding hydrogens is 324 g/mol. The van der Waals surface area contributed by atoms with Crippen molar-refractivity contribution in [2.75, 3.05) is 7.11 Å². The third kappa shape index (κ3) is 3.39. The molecule has 0 aliphatic rings. The lowest BCUT2D eigenvalue weighted by Crippen LogP contribution is -2.17. The Hall–Kier alpha value is -2.85.